The summed E-state index contributed by atoms with van der Waals surface area (Å²) >= 11 is 0. The second kappa shape index (κ2) is 15.5. The van der Waals surface area contributed by atoms with Gasteiger partial charge in [0.25, 0.3) is 0 Å². The van der Waals surface area contributed by atoms with E-state index in [1.165, 1.54) is 63.4 Å². The van der Waals surface area contributed by atoms with Crippen LogP contribution in [0, 0.1) is 57.2 Å². The molecule has 7 heteroatoms. The predicted octanol–water partition coefficient (Wildman–Crippen LogP) is 10.3. The molecular formula is C49H82N2O4S. The first kappa shape index (κ1) is 43.1. The van der Waals surface area contributed by atoms with E-state index in [9.17, 15) is 9.00 Å². The fourth-order valence-electron chi connectivity index (χ4n) is 15.4. The fourth-order valence-corrected chi connectivity index (χ4v) is 16.5. The number of hydrogen-bond acceptors (Lipinski definition) is 6. The molecule has 5 saturated carbocycles. The molecule has 6 nitrogen and oxygen atoms in total. The van der Waals surface area contributed by atoms with Gasteiger partial charge in [0.1, 0.15) is 5.60 Å². The topological polar surface area (TPSA) is 67.9 Å². The molecule has 0 amide bonds. The van der Waals surface area contributed by atoms with Crippen LogP contribution in [-0.4, -0.2) is 76.6 Å². The maximum atomic E-state index is 13.4. The monoisotopic (exact) mass is 795 g/mol. The molecule has 0 spiro atoms. The lowest BCUT2D eigenvalue weighted by atomic mass is 9.33. The highest BCUT2D eigenvalue weighted by Gasteiger charge is 2.70. The lowest BCUT2D eigenvalue weighted by Crippen LogP contribution is -2.68. The zero-order valence-electron chi connectivity index (χ0n) is 37.6. The number of rotatable bonds is 11. The van der Waals surface area contributed by atoms with Crippen molar-refractivity contribution in [3.05, 3.63) is 23.8 Å². The second-order valence-electron chi connectivity index (χ2n) is 22.5. The molecule has 7 aliphatic rings. The van der Waals surface area contributed by atoms with Crippen LogP contribution in [0.1, 0.15) is 159 Å². The molecule has 0 aromatic rings. The third-order valence-corrected chi connectivity index (χ3v) is 20.7. The number of esters is 1. The summed E-state index contributed by atoms with van der Waals surface area (Å²) in [7, 11) is 1.09. The first-order valence-corrected chi connectivity index (χ1v) is 24.7. The lowest BCUT2D eigenvalue weighted by Gasteiger charge is -2.72. The number of ether oxygens (including phenoxy) is 2. The minimum Gasteiger partial charge on any atom is -0.458 e. The van der Waals surface area contributed by atoms with Gasteiger partial charge in [0.15, 0.2) is 5.60 Å². The molecule has 0 radical (unpaired) electrons. The smallest absolute Gasteiger partial charge is 0.338 e. The molecule has 7 rings (SSSR count). The van der Waals surface area contributed by atoms with Crippen molar-refractivity contribution in [3.8, 4) is 0 Å². The Balaban J connectivity index is 1.06. The summed E-state index contributed by atoms with van der Waals surface area (Å²) in [5.74, 6) is 5.60. The Morgan fingerprint density at radius 2 is 1.62 bits per heavy atom. The maximum Gasteiger partial charge on any atom is 0.338 e. The quantitative estimate of drug-likeness (QED) is 0.166. The Kier molecular flexibility index (Phi) is 11.9. The van der Waals surface area contributed by atoms with Crippen LogP contribution in [0.3, 0.4) is 0 Å². The van der Waals surface area contributed by atoms with Crippen LogP contribution in [0.5, 0.6) is 0 Å². The highest BCUT2D eigenvalue weighted by atomic mass is 32.2. The van der Waals surface area contributed by atoms with Crippen LogP contribution in [0.2, 0.25) is 0 Å². The normalized spacial score (nSPS) is 44.1. The Morgan fingerprint density at radius 3 is 2.27 bits per heavy atom. The van der Waals surface area contributed by atoms with Crippen LogP contribution in [0.15, 0.2) is 23.8 Å². The van der Waals surface area contributed by atoms with Gasteiger partial charge in [-0.2, -0.15) is 0 Å². The number of carbonyl (C=O) groups excluding carboxylic acids is 1. The van der Waals surface area contributed by atoms with Crippen molar-refractivity contribution in [2.75, 3.05) is 44.8 Å². The van der Waals surface area contributed by atoms with Gasteiger partial charge in [-0.05, 0) is 174 Å². The van der Waals surface area contributed by atoms with Crippen LogP contribution < -0.4 is 5.32 Å². The molecule has 6 fully saturated rings. The van der Waals surface area contributed by atoms with Crippen molar-refractivity contribution in [1.29, 1.82) is 0 Å². The number of hydrogen-bond donors (Lipinski definition) is 1. The maximum absolute atomic E-state index is 13.4. The molecule has 0 aromatic carbocycles. The summed E-state index contributed by atoms with van der Waals surface area (Å²) in [4.78, 5) is 16.0. The molecule has 1 heterocycles. The number of methoxy groups -OCH3 is 1. The van der Waals surface area contributed by atoms with Crippen molar-refractivity contribution in [2.24, 2.45) is 57.2 Å². The zero-order chi connectivity index (χ0) is 40.5. The van der Waals surface area contributed by atoms with Gasteiger partial charge in [-0.15, -0.1) is 0 Å². The SMILES string of the molecule is C=C(C)C1CCC2(NCCN3CCS(=O)CC3)CC[C@]3(C)C(CCC4C5(C)CC=C(CC6CCC(OC)(C(=O)OC(C)(C)CC)CC6)C(C)(C)C5CCC43C)C12. The van der Waals surface area contributed by atoms with Gasteiger partial charge in [0.05, 0.1) is 0 Å². The minimum absolute atomic E-state index is 0.164. The van der Waals surface area contributed by atoms with Crippen LogP contribution in [0.25, 0.3) is 0 Å². The second-order valence-corrected chi connectivity index (χ2v) is 24.2. The summed E-state index contributed by atoms with van der Waals surface area (Å²) in [6.07, 6.45) is 20.1. The molecule has 0 aromatic heterocycles. The summed E-state index contributed by atoms with van der Waals surface area (Å²) in [5, 5.41) is 4.31. The lowest BCUT2D eigenvalue weighted by molar-refractivity contribution is -0.221. The Labute approximate surface area is 345 Å². The highest BCUT2D eigenvalue weighted by molar-refractivity contribution is 7.85. The first-order chi connectivity index (χ1) is 26.3. The number of allylic oxidation sites excluding steroid dienone is 3. The summed E-state index contributed by atoms with van der Waals surface area (Å²) in [5.41, 5.74) is 3.26. The van der Waals surface area contributed by atoms with E-state index in [-0.39, 0.29) is 16.9 Å². The molecule has 6 aliphatic carbocycles. The van der Waals surface area contributed by atoms with Crippen molar-refractivity contribution >= 4 is 16.8 Å². The highest BCUT2D eigenvalue weighted by Crippen LogP contribution is 2.76. The molecule has 9 atom stereocenters. The Hall–Kier alpha value is -1.02. The molecule has 1 saturated heterocycles. The average Bonchev–Trinajstić information content (AvgIpc) is 3.54. The van der Waals surface area contributed by atoms with Gasteiger partial charge in [0.2, 0.25) is 0 Å². The van der Waals surface area contributed by atoms with E-state index in [0.717, 1.165) is 88.0 Å². The Morgan fingerprint density at radius 1 is 0.929 bits per heavy atom. The molecule has 1 N–H and O–H groups in total. The number of nitrogens with zero attached hydrogens (tertiary/aromatic N) is 1. The van der Waals surface area contributed by atoms with Gasteiger partial charge < -0.3 is 19.7 Å². The van der Waals surface area contributed by atoms with Crippen LogP contribution >= 0.6 is 0 Å². The van der Waals surface area contributed by atoms with Gasteiger partial charge in [-0.1, -0.05) is 65.3 Å². The van der Waals surface area contributed by atoms with Crippen LogP contribution in [-0.2, 0) is 25.1 Å². The summed E-state index contributed by atoms with van der Waals surface area (Å²) < 4.78 is 24.0. The van der Waals surface area contributed by atoms with E-state index in [1.54, 1.807) is 12.7 Å². The van der Waals surface area contributed by atoms with E-state index in [1.807, 2.05) is 13.8 Å². The molecule has 56 heavy (non-hydrogen) atoms. The fraction of sp³-hybridized carbons (Fsp3) is 0.898. The van der Waals surface area contributed by atoms with E-state index in [0.29, 0.717) is 39.9 Å². The number of nitrogens with one attached hydrogen (secondary N) is 1. The van der Waals surface area contributed by atoms with E-state index in [2.05, 4.69) is 71.3 Å². The van der Waals surface area contributed by atoms with Gasteiger partial charge in [0, 0.05) is 61.1 Å². The minimum atomic E-state index is -0.796. The van der Waals surface area contributed by atoms with E-state index < -0.39 is 22.0 Å². The van der Waals surface area contributed by atoms with Gasteiger partial charge in [-0.25, -0.2) is 4.79 Å². The molecule has 0 bridgehead atoms. The van der Waals surface area contributed by atoms with Crippen molar-refractivity contribution < 1.29 is 18.5 Å². The third kappa shape index (κ3) is 7.10. The number of fused-ring (bicyclic) bond motifs is 7. The Bertz CT molecular complexity index is 1540. The predicted molar refractivity (Wildman–Crippen MR) is 232 cm³/mol. The first-order valence-electron chi connectivity index (χ1n) is 23.3. The standard InChI is InChI=1S/C49H82N2O4S/c1-12-43(4,5)55-42(52)49(54-11)23-15-35(16-24-49)33-36-17-20-45(8)39(44(36,6)7)19-21-47(10)40(45)14-13-38-41-37(34(2)3)18-22-48(41,26-25-46(38,47)9)50-27-28-51-29-31-56(53)32-30-51/h17,35,37-41,50H,2,12-16,18-33H2,1,3-11H3/t35?,37?,38?,39?,40?,41?,45?,46-,47?,48?,49?/m1/s1. The summed E-state index contributed by atoms with van der Waals surface area (Å²) in [6, 6.07) is 0. The molecule has 8 unspecified atom stereocenters. The van der Waals surface area contributed by atoms with Gasteiger partial charge >= 0.3 is 5.97 Å². The number of carbonyl (C=O) groups is 1. The average molecular weight is 795 g/mol. The van der Waals surface area contributed by atoms with E-state index in [4.69, 9.17) is 9.47 Å². The largest absolute Gasteiger partial charge is 0.458 e. The molecule has 1 aliphatic heterocycles. The van der Waals surface area contributed by atoms with Crippen molar-refractivity contribution in [3.63, 3.8) is 0 Å². The molecular weight excluding hydrogens is 713 g/mol. The van der Waals surface area contributed by atoms with Crippen LogP contribution in [0.4, 0.5) is 0 Å². The van der Waals surface area contributed by atoms with E-state index >= 15 is 0 Å². The van der Waals surface area contributed by atoms with Crippen molar-refractivity contribution in [1.82, 2.24) is 10.2 Å². The summed E-state index contributed by atoms with van der Waals surface area (Å²) in [6.45, 7) is 30.6. The zero-order valence-corrected chi connectivity index (χ0v) is 38.4. The van der Waals surface area contributed by atoms with Crippen molar-refractivity contribution in [2.45, 2.75) is 175 Å². The third-order valence-electron chi connectivity index (χ3n) is 19.4. The molecule has 318 valence electrons. The van der Waals surface area contributed by atoms with Gasteiger partial charge in [-0.3, -0.25) is 4.21 Å².